The smallest absolute Gasteiger partial charge is 0.138 e. The van der Waals surface area contributed by atoms with Gasteiger partial charge in [-0.25, -0.2) is 0 Å². The summed E-state index contributed by atoms with van der Waals surface area (Å²) < 4.78 is 5.58. The first-order chi connectivity index (χ1) is 8.29. The van der Waals surface area contributed by atoms with Crippen molar-refractivity contribution in [3.05, 3.63) is 51.2 Å². The van der Waals surface area contributed by atoms with Crippen molar-refractivity contribution in [3.63, 3.8) is 0 Å². The van der Waals surface area contributed by atoms with Crippen molar-refractivity contribution in [2.45, 2.75) is 6.42 Å². The summed E-state index contributed by atoms with van der Waals surface area (Å²) in [7, 11) is 0. The third-order valence-electron chi connectivity index (χ3n) is 2.29. The third-order valence-corrected chi connectivity index (χ3v) is 3.26. The van der Waals surface area contributed by atoms with E-state index in [0.717, 1.165) is 6.42 Å². The Kier molecular flexibility index (Phi) is 4.03. The quantitative estimate of drug-likeness (QED) is 0.838. The van der Waals surface area contributed by atoms with Crippen molar-refractivity contribution in [2.75, 3.05) is 6.61 Å². The molecule has 0 aliphatic rings. The average molecular weight is 264 g/mol. The predicted octanol–water partition coefficient (Wildman–Crippen LogP) is 3.89. The number of hydrogen-bond acceptors (Lipinski definition) is 3. The first-order valence-electron chi connectivity index (χ1n) is 5.13. The van der Waals surface area contributed by atoms with E-state index in [1.165, 1.54) is 5.56 Å². The van der Waals surface area contributed by atoms with Crippen molar-refractivity contribution < 1.29 is 4.74 Å². The number of rotatable bonds is 4. The van der Waals surface area contributed by atoms with E-state index >= 15 is 0 Å². The Morgan fingerprint density at radius 3 is 2.94 bits per heavy atom. The molecular formula is C13H10ClNOS. The summed E-state index contributed by atoms with van der Waals surface area (Å²) in [5, 5.41) is 13.6. The highest BCUT2D eigenvalue weighted by molar-refractivity contribution is 7.07. The molecule has 86 valence electrons. The molecule has 2 aromatic rings. The van der Waals surface area contributed by atoms with Crippen LogP contribution in [0.1, 0.15) is 11.1 Å². The van der Waals surface area contributed by atoms with Gasteiger partial charge in [0.2, 0.25) is 0 Å². The molecule has 0 atom stereocenters. The van der Waals surface area contributed by atoms with Gasteiger partial charge in [0.1, 0.15) is 11.8 Å². The van der Waals surface area contributed by atoms with Crippen LogP contribution in [-0.4, -0.2) is 6.61 Å². The minimum Gasteiger partial charge on any atom is -0.492 e. The molecule has 0 saturated heterocycles. The highest BCUT2D eigenvalue weighted by Crippen LogP contribution is 2.22. The van der Waals surface area contributed by atoms with E-state index in [9.17, 15) is 0 Å². The number of benzene rings is 1. The van der Waals surface area contributed by atoms with Crippen LogP contribution in [0.4, 0.5) is 0 Å². The Morgan fingerprint density at radius 1 is 1.35 bits per heavy atom. The number of hydrogen-bond donors (Lipinski definition) is 0. The molecule has 2 nitrogen and oxygen atoms in total. The molecule has 1 aromatic heterocycles. The molecule has 0 aliphatic carbocycles. The fourth-order valence-electron chi connectivity index (χ4n) is 1.42. The van der Waals surface area contributed by atoms with Crippen molar-refractivity contribution >= 4 is 22.9 Å². The lowest BCUT2D eigenvalue weighted by atomic mass is 10.2. The van der Waals surface area contributed by atoms with Crippen LogP contribution in [0.15, 0.2) is 35.0 Å². The Bertz CT molecular complexity index is 531. The summed E-state index contributed by atoms with van der Waals surface area (Å²) in [6, 6.07) is 9.18. The molecule has 0 fully saturated rings. The third kappa shape index (κ3) is 3.23. The van der Waals surface area contributed by atoms with Crippen LogP contribution >= 0.6 is 22.9 Å². The molecule has 0 spiro atoms. The lowest BCUT2D eigenvalue weighted by molar-refractivity contribution is 0.321. The minimum atomic E-state index is 0.514. The Morgan fingerprint density at radius 2 is 2.24 bits per heavy atom. The van der Waals surface area contributed by atoms with E-state index in [0.29, 0.717) is 22.9 Å². The van der Waals surface area contributed by atoms with E-state index < -0.39 is 0 Å². The summed E-state index contributed by atoms with van der Waals surface area (Å²) in [6.07, 6.45) is 0.834. The van der Waals surface area contributed by atoms with E-state index in [1.807, 2.05) is 5.38 Å². The molecule has 0 aliphatic heterocycles. The van der Waals surface area contributed by atoms with E-state index in [1.54, 1.807) is 29.5 Å². The second kappa shape index (κ2) is 5.72. The van der Waals surface area contributed by atoms with Crippen molar-refractivity contribution in [1.29, 1.82) is 5.26 Å². The molecular weight excluding hydrogens is 254 g/mol. The summed E-state index contributed by atoms with van der Waals surface area (Å²) in [5.74, 6) is 0.551. The minimum absolute atomic E-state index is 0.514. The second-order valence-electron chi connectivity index (χ2n) is 3.48. The SMILES string of the molecule is N#Cc1ccc(Cl)cc1OCCc1ccsc1. The van der Waals surface area contributed by atoms with Crippen LogP contribution in [0.25, 0.3) is 0 Å². The van der Waals surface area contributed by atoms with Crippen molar-refractivity contribution in [3.8, 4) is 11.8 Å². The number of halogens is 1. The monoisotopic (exact) mass is 263 g/mol. The maximum absolute atomic E-state index is 8.92. The van der Waals surface area contributed by atoms with Gasteiger partial charge in [-0.1, -0.05) is 11.6 Å². The summed E-state index contributed by atoms with van der Waals surface area (Å²) >= 11 is 7.53. The van der Waals surface area contributed by atoms with Crippen LogP contribution < -0.4 is 4.74 Å². The maximum Gasteiger partial charge on any atom is 0.138 e. The zero-order chi connectivity index (χ0) is 12.1. The Balaban J connectivity index is 1.99. The molecule has 0 bridgehead atoms. The highest BCUT2D eigenvalue weighted by atomic mass is 35.5. The Labute approximate surface area is 109 Å². The fourth-order valence-corrected chi connectivity index (χ4v) is 2.29. The van der Waals surface area contributed by atoms with Crippen LogP contribution in [-0.2, 0) is 6.42 Å². The summed E-state index contributed by atoms with van der Waals surface area (Å²) in [5.41, 5.74) is 1.76. The highest BCUT2D eigenvalue weighted by Gasteiger charge is 2.04. The molecule has 1 aromatic carbocycles. The first kappa shape index (κ1) is 12.0. The maximum atomic E-state index is 8.92. The van der Waals surface area contributed by atoms with E-state index in [2.05, 4.69) is 17.5 Å². The number of nitrogens with zero attached hydrogens (tertiary/aromatic N) is 1. The van der Waals surface area contributed by atoms with Crippen molar-refractivity contribution in [1.82, 2.24) is 0 Å². The molecule has 1 heterocycles. The van der Waals surface area contributed by atoms with Crippen LogP contribution in [0.2, 0.25) is 5.02 Å². The van der Waals surface area contributed by atoms with E-state index in [-0.39, 0.29) is 0 Å². The van der Waals surface area contributed by atoms with Crippen LogP contribution in [0.3, 0.4) is 0 Å². The van der Waals surface area contributed by atoms with Crippen LogP contribution in [0.5, 0.6) is 5.75 Å². The lowest BCUT2D eigenvalue weighted by Gasteiger charge is -2.07. The molecule has 0 saturated carbocycles. The van der Waals surface area contributed by atoms with Gasteiger partial charge in [-0.2, -0.15) is 16.6 Å². The van der Waals surface area contributed by atoms with E-state index in [4.69, 9.17) is 21.6 Å². The number of ether oxygens (including phenoxy) is 1. The summed E-state index contributed by atoms with van der Waals surface area (Å²) in [4.78, 5) is 0. The zero-order valence-electron chi connectivity index (χ0n) is 9.02. The van der Waals surface area contributed by atoms with Gasteiger partial charge in [-0.3, -0.25) is 0 Å². The first-order valence-corrected chi connectivity index (χ1v) is 6.45. The average Bonchev–Trinajstić information content (AvgIpc) is 2.82. The molecule has 0 N–H and O–H groups in total. The Hall–Kier alpha value is -1.50. The lowest BCUT2D eigenvalue weighted by Crippen LogP contribution is -2.01. The topological polar surface area (TPSA) is 33.0 Å². The van der Waals surface area contributed by atoms with Gasteiger partial charge in [-0.15, -0.1) is 0 Å². The second-order valence-corrected chi connectivity index (χ2v) is 4.70. The summed E-state index contributed by atoms with van der Waals surface area (Å²) in [6.45, 7) is 0.547. The predicted molar refractivity (Wildman–Crippen MR) is 69.7 cm³/mol. The number of thiophene rings is 1. The molecule has 0 radical (unpaired) electrons. The van der Waals surface area contributed by atoms with Gasteiger partial charge >= 0.3 is 0 Å². The largest absolute Gasteiger partial charge is 0.492 e. The van der Waals surface area contributed by atoms with Gasteiger partial charge < -0.3 is 4.74 Å². The van der Waals surface area contributed by atoms with Crippen LogP contribution in [0, 0.1) is 11.3 Å². The van der Waals surface area contributed by atoms with Gasteiger partial charge in [0, 0.05) is 17.5 Å². The van der Waals surface area contributed by atoms with Gasteiger partial charge in [0.25, 0.3) is 0 Å². The van der Waals surface area contributed by atoms with Gasteiger partial charge in [0.15, 0.2) is 0 Å². The standard InChI is InChI=1S/C13H10ClNOS/c14-12-2-1-11(8-15)13(7-12)16-5-3-10-4-6-17-9-10/h1-2,4,6-7,9H,3,5H2. The van der Waals surface area contributed by atoms with Gasteiger partial charge in [0.05, 0.1) is 12.2 Å². The molecule has 0 unspecified atom stereocenters. The molecule has 2 rings (SSSR count). The molecule has 0 amide bonds. The molecule has 4 heteroatoms. The van der Waals surface area contributed by atoms with Crippen molar-refractivity contribution in [2.24, 2.45) is 0 Å². The fraction of sp³-hybridized carbons (Fsp3) is 0.154. The number of nitriles is 1. The normalized spacial score (nSPS) is 9.88. The molecule has 17 heavy (non-hydrogen) atoms. The zero-order valence-corrected chi connectivity index (χ0v) is 10.6. The van der Waals surface area contributed by atoms with Gasteiger partial charge in [-0.05, 0) is 34.5 Å².